The predicted octanol–water partition coefficient (Wildman–Crippen LogP) is 1.37. The highest BCUT2D eigenvalue weighted by Gasteiger charge is 2.49. The van der Waals surface area contributed by atoms with E-state index in [1.165, 1.54) is 0 Å². The number of likely N-dealkylation sites (N-methyl/N-ethyl adjacent to an activating group) is 1. The molecule has 0 bridgehead atoms. The number of likely N-dealkylation sites (tertiary alicyclic amines) is 1. The van der Waals surface area contributed by atoms with Gasteiger partial charge in [-0.2, -0.15) is 0 Å². The van der Waals surface area contributed by atoms with E-state index in [1.54, 1.807) is 6.34 Å². The molecule has 1 saturated heterocycles. The summed E-state index contributed by atoms with van der Waals surface area (Å²) in [6.07, 6.45) is 8.32. The van der Waals surface area contributed by atoms with Gasteiger partial charge >= 0.3 is 0 Å². The van der Waals surface area contributed by atoms with Gasteiger partial charge in [-0.25, -0.2) is 20.0 Å². The number of carbonyl (C=O) groups is 1. The van der Waals surface area contributed by atoms with E-state index in [1.807, 2.05) is 24.2 Å². The first-order valence-corrected chi connectivity index (χ1v) is 11.1. The highest BCUT2D eigenvalue weighted by molar-refractivity contribution is 6.02. The van der Waals surface area contributed by atoms with Crippen molar-refractivity contribution in [3.63, 3.8) is 0 Å². The Bertz CT molecular complexity index is 993. The minimum atomic E-state index is -0.599. The Morgan fingerprint density at radius 3 is 2.71 bits per heavy atom. The van der Waals surface area contributed by atoms with Crippen LogP contribution in [0.5, 0.6) is 0 Å². The van der Waals surface area contributed by atoms with E-state index in [0.29, 0.717) is 5.91 Å². The zero-order valence-corrected chi connectivity index (χ0v) is 18.6. The van der Waals surface area contributed by atoms with E-state index in [9.17, 15) is 4.79 Å². The third kappa shape index (κ3) is 3.26. The Labute approximate surface area is 182 Å². The summed E-state index contributed by atoms with van der Waals surface area (Å²) in [6.45, 7) is 10.4. The summed E-state index contributed by atoms with van der Waals surface area (Å²) in [5, 5.41) is 6.88. The van der Waals surface area contributed by atoms with Crippen molar-refractivity contribution in [3.8, 4) is 0 Å². The fourth-order valence-corrected chi connectivity index (χ4v) is 4.67. The van der Waals surface area contributed by atoms with Gasteiger partial charge in [0.2, 0.25) is 5.91 Å². The summed E-state index contributed by atoms with van der Waals surface area (Å²) >= 11 is 0. The lowest BCUT2D eigenvalue weighted by molar-refractivity contribution is -0.135. The zero-order valence-electron chi connectivity index (χ0n) is 18.6. The first-order chi connectivity index (χ1) is 14.8. The number of nitrogens with one attached hydrogen (secondary N) is 2. The molecule has 0 spiro atoms. The second-order valence-electron chi connectivity index (χ2n) is 9.29. The largest absolute Gasteiger partial charge is 0.365 e. The first kappa shape index (κ1) is 20.0. The first-order valence-electron chi connectivity index (χ1n) is 11.1. The number of nitrogens with zero attached hydrogens (tertiary/aromatic N) is 6. The minimum Gasteiger partial charge on any atom is -0.365 e. The van der Waals surface area contributed by atoms with Crippen LogP contribution < -0.4 is 10.6 Å². The molecule has 1 aromatic rings. The molecule has 1 aliphatic carbocycles. The lowest BCUT2D eigenvalue weighted by Crippen LogP contribution is -2.50. The summed E-state index contributed by atoms with van der Waals surface area (Å²) in [7, 11) is 0. The van der Waals surface area contributed by atoms with Crippen LogP contribution >= 0.6 is 0 Å². The lowest BCUT2D eigenvalue weighted by atomic mass is 10.1. The summed E-state index contributed by atoms with van der Waals surface area (Å²) in [5.74, 6) is 2.71. The van der Waals surface area contributed by atoms with Gasteiger partial charge < -0.3 is 20.4 Å². The summed E-state index contributed by atoms with van der Waals surface area (Å²) in [5.41, 5.74) is 1.01. The third-order valence-electron chi connectivity index (χ3n) is 6.90. The van der Waals surface area contributed by atoms with Crippen LogP contribution in [-0.2, 0) is 4.79 Å². The van der Waals surface area contributed by atoms with Crippen molar-refractivity contribution in [1.29, 1.82) is 0 Å². The maximum atomic E-state index is 12.7. The molecule has 4 heterocycles. The monoisotopic (exact) mass is 422 g/mol. The number of carbonyl (C=O) groups excluding carboxylic acids is 1. The number of aliphatic imine (C=N–C) groups is 2. The minimum absolute atomic E-state index is 0.118. The normalized spacial score (nSPS) is 28.4. The fourth-order valence-electron chi connectivity index (χ4n) is 4.67. The molecule has 3 aliphatic heterocycles. The Morgan fingerprint density at radius 2 is 2.03 bits per heavy atom. The number of fused-ring (bicyclic) bond motifs is 1. The van der Waals surface area contributed by atoms with E-state index in [2.05, 4.69) is 46.3 Å². The number of hydrogen-bond donors (Lipinski definition) is 2. The maximum Gasteiger partial charge on any atom is 0.228 e. The molecule has 9 nitrogen and oxygen atoms in total. The fraction of sp³-hybridized carbons (Fsp3) is 0.591. The smallest absolute Gasteiger partial charge is 0.228 e. The van der Waals surface area contributed by atoms with Gasteiger partial charge in [0, 0.05) is 43.5 Å². The number of amides is 1. The van der Waals surface area contributed by atoms with Crippen molar-refractivity contribution >= 4 is 18.1 Å². The predicted molar refractivity (Wildman–Crippen MR) is 118 cm³/mol. The van der Waals surface area contributed by atoms with Crippen LogP contribution in [0, 0.1) is 12.3 Å². The van der Waals surface area contributed by atoms with Crippen LogP contribution in [0.1, 0.15) is 51.4 Å². The number of aromatic nitrogens is 2. The average molecular weight is 423 g/mol. The molecule has 1 saturated carbocycles. The molecule has 2 atom stereocenters. The van der Waals surface area contributed by atoms with Crippen LogP contribution in [-0.4, -0.2) is 69.2 Å². The molecule has 0 radical (unpaired) electrons. The SMILES string of the molecule is CCN1C(c2cnc(C)nc2)=NC2=C(N[C@H]3CCN(C(=O)C4(C)CC4)C3)NC=NC21C. The van der Waals surface area contributed by atoms with Gasteiger partial charge in [-0.1, -0.05) is 6.92 Å². The van der Waals surface area contributed by atoms with Gasteiger partial charge in [0.25, 0.3) is 0 Å². The second kappa shape index (κ2) is 7.03. The molecule has 5 rings (SSSR count). The van der Waals surface area contributed by atoms with Crippen molar-refractivity contribution in [3.05, 3.63) is 35.3 Å². The topological polar surface area (TPSA) is 98.1 Å². The average Bonchev–Trinajstić information content (AvgIpc) is 3.20. The highest BCUT2D eigenvalue weighted by atomic mass is 16.2. The third-order valence-corrected chi connectivity index (χ3v) is 6.90. The molecule has 164 valence electrons. The van der Waals surface area contributed by atoms with Crippen molar-refractivity contribution < 1.29 is 4.79 Å². The quantitative estimate of drug-likeness (QED) is 0.744. The Kier molecular flexibility index (Phi) is 4.53. The molecule has 31 heavy (non-hydrogen) atoms. The van der Waals surface area contributed by atoms with Gasteiger partial charge in [-0.15, -0.1) is 0 Å². The Hall–Kier alpha value is -2.97. The van der Waals surface area contributed by atoms with Crippen LogP contribution in [0.4, 0.5) is 0 Å². The van der Waals surface area contributed by atoms with Crippen molar-refractivity contribution in [2.75, 3.05) is 19.6 Å². The van der Waals surface area contributed by atoms with Gasteiger partial charge in [-0.3, -0.25) is 4.79 Å². The van der Waals surface area contributed by atoms with Crippen LogP contribution in [0.15, 0.2) is 33.9 Å². The maximum absolute atomic E-state index is 12.7. The molecule has 1 aromatic heterocycles. The summed E-state index contributed by atoms with van der Waals surface area (Å²) in [6, 6.07) is 0.189. The van der Waals surface area contributed by atoms with Crippen molar-refractivity contribution in [1.82, 2.24) is 30.4 Å². The molecular weight excluding hydrogens is 392 g/mol. The summed E-state index contributed by atoms with van der Waals surface area (Å²) < 4.78 is 0. The van der Waals surface area contributed by atoms with Gasteiger partial charge in [0.05, 0.1) is 11.9 Å². The number of aryl methyl sites for hydroxylation is 1. The van der Waals surface area contributed by atoms with Crippen LogP contribution in [0.25, 0.3) is 0 Å². The lowest BCUT2D eigenvalue weighted by Gasteiger charge is -2.36. The molecular formula is C22H30N8O. The van der Waals surface area contributed by atoms with E-state index in [0.717, 1.165) is 67.6 Å². The number of hydrogen-bond acceptors (Lipinski definition) is 8. The molecule has 2 N–H and O–H groups in total. The molecule has 4 aliphatic rings. The van der Waals surface area contributed by atoms with E-state index < -0.39 is 5.66 Å². The highest BCUT2D eigenvalue weighted by Crippen LogP contribution is 2.47. The molecule has 2 fully saturated rings. The van der Waals surface area contributed by atoms with Gasteiger partial charge in [0.15, 0.2) is 5.66 Å². The van der Waals surface area contributed by atoms with E-state index in [-0.39, 0.29) is 11.5 Å². The Balaban J connectivity index is 1.41. The van der Waals surface area contributed by atoms with Crippen molar-refractivity contribution in [2.45, 2.75) is 58.7 Å². The van der Waals surface area contributed by atoms with E-state index in [4.69, 9.17) is 9.98 Å². The molecule has 1 unspecified atom stereocenters. The second-order valence-corrected chi connectivity index (χ2v) is 9.29. The molecule has 9 heteroatoms. The van der Waals surface area contributed by atoms with E-state index >= 15 is 0 Å². The molecule has 1 amide bonds. The Morgan fingerprint density at radius 1 is 1.29 bits per heavy atom. The molecule has 0 aromatic carbocycles. The van der Waals surface area contributed by atoms with Crippen molar-refractivity contribution in [2.24, 2.45) is 15.4 Å². The number of amidine groups is 1. The standard InChI is InChI=1S/C22H30N8O/c1-5-30-19(15-10-23-14(2)24-11-15)28-17-18(25-13-26-22(17,30)4)27-16-6-9-29(12-16)20(31)21(3)7-8-21/h10-11,13,16,27H,5-9,12H2,1-4H3,(H,25,26)/t16-,22?/m0/s1. The summed E-state index contributed by atoms with van der Waals surface area (Å²) in [4.78, 5) is 35.3. The van der Waals surface area contributed by atoms with Gasteiger partial charge in [0.1, 0.15) is 23.2 Å². The van der Waals surface area contributed by atoms with Crippen LogP contribution in [0.3, 0.4) is 0 Å². The van der Waals surface area contributed by atoms with Gasteiger partial charge in [-0.05, 0) is 40.0 Å². The zero-order chi connectivity index (χ0) is 21.8. The van der Waals surface area contributed by atoms with Crippen LogP contribution in [0.2, 0.25) is 0 Å². The number of rotatable bonds is 5.